The van der Waals surface area contributed by atoms with Crippen LogP contribution in [0.3, 0.4) is 0 Å². The second-order valence-electron chi connectivity index (χ2n) is 4.90. The molecule has 0 saturated carbocycles. The second kappa shape index (κ2) is 4.10. The highest BCUT2D eigenvalue weighted by molar-refractivity contribution is 5.79. The van der Waals surface area contributed by atoms with E-state index in [4.69, 9.17) is 4.74 Å². The van der Waals surface area contributed by atoms with Gasteiger partial charge in [0, 0.05) is 12.6 Å². The van der Waals surface area contributed by atoms with E-state index >= 15 is 0 Å². The predicted octanol–water partition coefficient (Wildman–Crippen LogP) is 0.326. The summed E-state index contributed by atoms with van der Waals surface area (Å²) in [6, 6.07) is 0.771. The van der Waals surface area contributed by atoms with Crippen LogP contribution in [-0.4, -0.2) is 60.6 Å². The van der Waals surface area contributed by atoms with E-state index in [1.165, 1.54) is 0 Å². The van der Waals surface area contributed by atoms with Gasteiger partial charge < -0.3 is 9.64 Å². The number of amides is 1. The summed E-state index contributed by atoms with van der Waals surface area (Å²) < 4.78 is 5.48. The third-order valence-electron chi connectivity index (χ3n) is 3.49. The van der Waals surface area contributed by atoms with E-state index in [2.05, 4.69) is 18.7 Å². The van der Waals surface area contributed by atoms with Crippen molar-refractivity contribution in [2.24, 2.45) is 0 Å². The van der Waals surface area contributed by atoms with Gasteiger partial charge in [-0.3, -0.25) is 9.69 Å². The largest absolute Gasteiger partial charge is 0.374 e. The van der Waals surface area contributed by atoms with Crippen molar-refractivity contribution < 1.29 is 9.53 Å². The Morgan fingerprint density at radius 1 is 1.60 bits per heavy atom. The fourth-order valence-electron chi connectivity index (χ4n) is 2.19. The van der Waals surface area contributed by atoms with Gasteiger partial charge in [-0.15, -0.1) is 0 Å². The Morgan fingerprint density at radius 3 is 2.80 bits per heavy atom. The number of carbonyl (C=O) groups is 1. The minimum Gasteiger partial charge on any atom is -0.374 e. The maximum atomic E-state index is 12.0. The minimum absolute atomic E-state index is 0.252. The molecule has 0 aromatic heterocycles. The first-order valence-corrected chi connectivity index (χ1v) is 5.69. The molecule has 4 nitrogen and oxygen atoms in total. The second-order valence-corrected chi connectivity index (χ2v) is 4.90. The summed E-state index contributed by atoms with van der Waals surface area (Å²) in [4.78, 5) is 16.1. The Kier molecular flexibility index (Phi) is 2.98. The number of carbonyl (C=O) groups excluding carboxylic acids is 1. The van der Waals surface area contributed by atoms with E-state index < -0.39 is 0 Å². The zero-order chi connectivity index (χ0) is 11.0. The van der Waals surface area contributed by atoms with Gasteiger partial charge in [0.25, 0.3) is 0 Å². The first-order chi connectivity index (χ1) is 7.08. The molecule has 4 heteroatoms. The summed E-state index contributed by atoms with van der Waals surface area (Å²) in [6.07, 6.45) is 1.35. The van der Waals surface area contributed by atoms with Gasteiger partial charge in [-0.05, 0) is 27.3 Å². The summed E-state index contributed by atoms with van der Waals surface area (Å²) in [7, 11) is 1.99. The van der Waals surface area contributed by atoms with Crippen molar-refractivity contribution >= 4 is 5.91 Å². The highest BCUT2D eigenvalue weighted by Gasteiger charge is 2.41. The van der Waals surface area contributed by atoms with Crippen LogP contribution in [0.2, 0.25) is 0 Å². The molecule has 2 rings (SSSR count). The zero-order valence-corrected chi connectivity index (χ0v) is 9.77. The van der Waals surface area contributed by atoms with Gasteiger partial charge in [0.05, 0.1) is 25.3 Å². The van der Waals surface area contributed by atoms with Gasteiger partial charge in [0.1, 0.15) is 0 Å². The molecule has 0 N–H and O–H groups in total. The van der Waals surface area contributed by atoms with E-state index in [0.717, 1.165) is 19.6 Å². The van der Waals surface area contributed by atoms with Gasteiger partial charge in [-0.25, -0.2) is 0 Å². The maximum absolute atomic E-state index is 12.0. The highest BCUT2D eigenvalue weighted by Crippen LogP contribution is 2.27. The first kappa shape index (κ1) is 10.9. The summed E-state index contributed by atoms with van der Waals surface area (Å²) in [5.74, 6) is 0.252. The summed E-state index contributed by atoms with van der Waals surface area (Å²) in [5.41, 5.74) is 0. The number of likely N-dealkylation sites (N-methyl/N-ethyl adjacent to an activating group) is 1. The van der Waals surface area contributed by atoms with Crippen LogP contribution in [0, 0.1) is 0 Å². The number of likely N-dealkylation sites (tertiary alicyclic amines) is 1. The Bertz CT molecular complexity index is 255. The maximum Gasteiger partial charge on any atom is 0.237 e. The standard InChI is InChI=1S/C11H20N2O2/c1-8(2)12(3)6-11(14)13-5-10-4-9(13)7-15-10/h8-10H,4-7H2,1-3H3/t9-,10-/m1/s1. The molecule has 2 atom stereocenters. The topological polar surface area (TPSA) is 32.8 Å². The number of nitrogens with zero attached hydrogens (tertiary/aromatic N) is 2. The average Bonchev–Trinajstić information content (AvgIpc) is 2.78. The van der Waals surface area contributed by atoms with Crippen LogP contribution in [0.25, 0.3) is 0 Å². The fraction of sp³-hybridized carbons (Fsp3) is 0.909. The van der Waals surface area contributed by atoms with Crippen molar-refractivity contribution in [1.82, 2.24) is 9.80 Å². The van der Waals surface area contributed by atoms with Crippen molar-refractivity contribution in [3.63, 3.8) is 0 Å². The molecule has 0 radical (unpaired) electrons. The molecule has 2 aliphatic heterocycles. The van der Waals surface area contributed by atoms with Crippen LogP contribution in [0.15, 0.2) is 0 Å². The van der Waals surface area contributed by atoms with Gasteiger partial charge in [0.2, 0.25) is 5.91 Å². The van der Waals surface area contributed by atoms with Gasteiger partial charge in [-0.1, -0.05) is 0 Å². The van der Waals surface area contributed by atoms with Crippen molar-refractivity contribution in [1.29, 1.82) is 0 Å². The molecule has 86 valence electrons. The highest BCUT2D eigenvalue weighted by atomic mass is 16.5. The Balaban J connectivity index is 1.86. The molecule has 2 aliphatic rings. The normalized spacial score (nSPS) is 29.5. The SMILES string of the molecule is CC(C)N(C)CC(=O)N1C[C@H]2C[C@@H]1CO2. The number of hydrogen-bond donors (Lipinski definition) is 0. The lowest BCUT2D eigenvalue weighted by atomic mass is 10.2. The smallest absolute Gasteiger partial charge is 0.237 e. The van der Waals surface area contributed by atoms with Gasteiger partial charge >= 0.3 is 0 Å². The number of morpholine rings is 1. The third kappa shape index (κ3) is 2.16. The molecule has 0 aromatic carbocycles. The molecule has 0 unspecified atom stereocenters. The molecule has 0 spiro atoms. The van der Waals surface area contributed by atoms with Crippen LogP contribution >= 0.6 is 0 Å². The molecular weight excluding hydrogens is 192 g/mol. The number of rotatable bonds is 3. The molecule has 1 amide bonds. The Morgan fingerprint density at radius 2 is 2.33 bits per heavy atom. The van der Waals surface area contributed by atoms with Crippen molar-refractivity contribution in [3.05, 3.63) is 0 Å². The first-order valence-electron chi connectivity index (χ1n) is 5.69. The van der Waals surface area contributed by atoms with Crippen molar-refractivity contribution in [2.75, 3.05) is 26.7 Å². The molecule has 15 heavy (non-hydrogen) atoms. The van der Waals surface area contributed by atoms with Crippen molar-refractivity contribution in [2.45, 2.75) is 38.5 Å². The number of fused-ring (bicyclic) bond motifs is 2. The van der Waals surface area contributed by atoms with Crippen LogP contribution in [0.5, 0.6) is 0 Å². The Hall–Kier alpha value is -0.610. The summed E-state index contributed by atoms with van der Waals surface area (Å²) in [5, 5.41) is 0. The van der Waals surface area contributed by atoms with Crippen LogP contribution in [0.4, 0.5) is 0 Å². The van der Waals surface area contributed by atoms with E-state index in [1.807, 2.05) is 11.9 Å². The molecule has 2 heterocycles. The lowest BCUT2D eigenvalue weighted by molar-refractivity contribution is -0.136. The Labute approximate surface area is 91.2 Å². The van der Waals surface area contributed by atoms with Crippen LogP contribution in [0.1, 0.15) is 20.3 Å². The molecule has 0 aromatic rings. The van der Waals surface area contributed by atoms with Crippen molar-refractivity contribution in [3.8, 4) is 0 Å². The lowest BCUT2D eigenvalue weighted by Crippen LogP contribution is -2.46. The average molecular weight is 212 g/mol. The molecular formula is C11H20N2O2. The summed E-state index contributed by atoms with van der Waals surface area (Å²) in [6.45, 7) is 6.27. The predicted molar refractivity (Wildman–Crippen MR) is 57.6 cm³/mol. The van der Waals surface area contributed by atoms with E-state index in [-0.39, 0.29) is 5.91 Å². The fourth-order valence-corrected chi connectivity index (χ4v) is 2.19. The summed E-state index contributed by atoms with van der Waals surface area (Å²) >= 11 is 0. The molecule has 0 aliphatic carbocycles. The molecule has 2 fully saturated rings. The van der Waals surface area contributed by atoms with E-state index in [0.29, 0.717) is 24.7 Å². The third-order valence-corrected chi connectivity index (χ3v) is 3.49. The van der Waals surface area contributed by atoms with Crippen LogP contribution < -0.4 is 0 Å². The van der Waals surface area contributed by atoms with E-state index in [1.54, 1.807) is 0 Å². The van der Waals surface area contributed by atoms with Crippen LogP contribution in [-0.2, 0) is 9.53 Å². The molecule has 2 bridgehead atoms. The number of hydrogen-bond acceptors (Lipinski definition) is 3. The zero-order valence-electron chi connectivity index (χ0n) is 9.77. The lowest BCUT2D eigenvalue weighted by Gasteiger charge is -2.29. The monoisotopic (exact) mass is 212 g/mol. The quantitative estimate of drug-likeness (QED) is 0.675. The van der Waals surface area contributed by atoms with Gasteiger partial charge in [-0.2, -0.15) is 0 Å². The minimum atomic E-state index is 0.252. The van der Waals surface area contributed by atoms with E-state index in [9.17, 15) is 4.79 Å². The van der Waals surface area contributed by atoms with Gasteiger partial charge in [0.15, 0.2) is 0 Å². The number of ether oxygens (including phenoxy) is 1. The molecule has 2 saturated heterocycles.